The lowest BCUT2D eigenvalue weighted by Crippen LogP contribution is -2.17. The lowest BCUT2D eigenvalue weighted by atomic mass is 10.1. The number of carbonyl (C=O) groups excluding carboxylic acids is 5. The SMILES string of the molecule is CC.CC.CC.CC.CC.CC.CC.CC(N)=O.CNC(=O)c1ccc(C=O)cc1.CNC(=O)c1ccc(C=O)cc1. The molecule has 0 heterocycles. The molecule has 0 atom stereocenters. The topological polar surface area (TPSA) is 135 Å². The average Bonchev–Trinajstić information content (AvgIpc) is 3.10. The van der Waals surface area contributed by atoms with Gasteiger partial charge in [-0.1, -0.05) is 121 Å². The van der Waals surface area contributed by atoms with Crippen molar-refractivity contribution in [2.75, 3.05) is 14.1 Å². The maximum Gasteiger partial charge on any atom is 0.251 e. The van der Waals surface area contributed by atoms with Crippen LogP contribution in [0.25, 0.3) is 0 Å². The maximum absolute atomic E-state index is 11.0. The molecule has 0 aliphatic heterocycles. The Balaban J connectivity index is -0.0000000597. The Hall–Kier alpha value is -3.81. The van der Waals surface area contributed by atoms with Gasteiger partial charge in [0.25, 0.3) is 11.8 Å². The van der Waals surface area contributed by atoms with Crippen LogP contribution >= 0.6 is 0 Å². The number of nitrogens with one attached hydrogen (secondary N) is 2. The van der Waals surface area contributed by atoms with Gasteiger partial charge in [-0.2, -0.15) is 0 Å². The van der Waals surface area contributed by atoms with Gasteiger partial charge in [-0.3, -0.25) is 24.0 Å². The maximum atomic E-state index is 11.0. The zero-order valence-corrected chi connectivity index (χ0v) is 29.9. The molecule has 0 unspecified atom stereocenters. The smallest absolute Gasteiger partial charge is 0.251 e. The number of amides is 3. The summed E-state index contributed by atoms with van der Waals surface area (Å²) >= 11 is 0. The van der Waals surface area contributed by atoms with Crippen molar-refractivity contribution in [3.05, 3.63) is 70.8 Å². The van der Waals surface area contributed by atoms with E-state index in [4.69, 9.17) is 0 Å². The molecule has 8 heteroatoms. The van der Waals surface area contributed by atoms with Gasteiger partial charge in [-0.05, 0) is 24.3 Å². The zero-order valence-electron chi connectivity index (χ0n) is 29.9. The van der Waals surface area contributed by atoms with E-state index in [1.54, 1.807) is 62.6 Å². The quantitative estimate of drug-likeness (QED) is 0.305. The van der Waals surface area contributed by atoms with E-state index in [1.807, 2.05) is 96.9 Å². The number of carbonyl (C=O) groups is 5. The van der Waals surface area contributed by atoms with Crippen molar-refractivity contribution in [1.82, 2.24) is 10.6 Å². The molecule has 42 heavy (non-hydrogen) atoms. The highest BCUT2D eigenvalue weighted by molar-refractivity contribution is 5.95. The van der Waals surface area contributed by atoms with E-state index in [0.717, 1.165) is 12.6 Å². The van der Waals surface area contributed by atoms with Crippen molar-refractivity contribution in [3.63, 3.8) is 0 Å². The fourth-order valence-electron chi connectivity index (χ4n) is 1.71. The van der Waals surface area contributed by atoms with Gasteiger partial charge in [0.05, 0.1) is 0 Å². The van der Waals surface area contributed by atoms with Gasteiger partial charge < -0.3 is 16.4 Å². The Labute approximate surface area is 259 Å². The molecular weight excluding hydrogens is 530 g/mol. The monoisotopic (exact) mass is 595 g/mol. The van der Waals surface area contributed by atoms with Gasteiger partial charge in [0.2, 0.25) is 5.91 Å². The molecule has 0 saturated heterocycles. The van der Waals surface area contributed by atoms with E-state index in [1.165, 1.54) is 6.92 Å². The molecule has 0 saturated carbocycles. The molecule has 0 aliphatic rings. The molecule has 3 amide bonds. The lowest BCUT2D eigenvalue weighted by Gasteiger charge is -1.98. The van der Waals surface area contributed by atoms with Gasteiger partial charge in [-0.15, -0.1) is 0 Å². The van der Waals surface area contributed by atoms with Gasteiger partial charge in [0.15, 0.2) is 0 Å². The number of aldehydes is 2. The first-order valence-corrected chi connectivity index (χ1v) is 15.1. The minimum Gasteiger partial charge on any atom is -0.370 e. The molecular formula is C34H65N3O5. The van der Waals surface area contributed by atoms with Crippen LogP contribution in [-0.2, 0) is 4.79 Å². The van der Waals surface area contributed by atoms with Gasteiger partial charge in [0.1, 0.15) is 12.6 Å². The fraction of sp³-hybridized carbons (Fsp3) is 0.500. The summed E-state index contributed by atoms with van der Waals surface area (Å²) in [4.78, 5) is 51.8. The summed E-state index contributed by atoms with van der Waals surface area (Å²) in [6.45, 7) is 29.3. The predicted octanol–water partition coefficient (Wildman–Crippen LogP) is 8.39. The molecule has 0 fully saturated rings. The van der Waals surface area contributed by atoms with Gasteiger partial charge >= 0.3 is 0 Å². The van der Waals surface area contributed by atoms with E-state index in [2.05, 4.69) is 16.4 Å². The van der Waals surface area contributed by atoms with Crippen molar-refractivity contribution in [1.29, 1.82) is 0 Å². The van der Waals surface area contributed by atoms with Crippen molar-refractivity contribution in [2.24, 2.45) is 5.73 Å². The van der Waals surface area contributed by atoms with Gasteiger partial charge in [0, 0.05) is 43.3 Å². The number of nitrogens with two attached hydrogens (primary N) is 1. The van der Waals surface area contributed by atoms with Crippen LogP contribution in [0.4, 0.5) is 0 Å². The van der Waals surface area contributed by atoms with Crippen LogP contribution in [0.2, 0.25) is 0 Å². The summed E-state index contributed by atoms with van der Waals surface area (Å²) in [5.41, 5.74) is 6.73. The average molecular weight is 596 g/mol. The first-order chi connectivity index (χ1) is 20.3. The molecule has 4 N–H and O–H groups in total. The number of rotatable bonds is 4. The van der Waals surface area contributed by atoms with Crippen molar-refractivity contribution >= 4 is 30.3 Å². The number of hydrogen-bond donors (Lipinski definition) is 3. The molecule has 0 aromatic heterocycles. The Morgan fingerprint density at radius 2 is 0.667 bits per heavy atom. The lowest BCUT2D eigenvalue weighted by molar-refractivity contribution is -0.115. The highest BCUT2D eigenvalue weighted by Gasteiger charge is 2.01. The second-order valence-electron chi connectivity index (χ2n) is 5.25. The Bertz CT molecular complexity index is 737. The highest BCUT2D eigenvalue weighted by atomic mass is 16.2. The normalized spacial score (nSPS) is 6.79. The number of benzene rings is 2. The molecule has 0 bridgehead atoms. The summed E-state index contributed by atoms with van der Waals surface area (Å²) in [6.07, 6.45) is 1.49. The van der Waals surface area contributed by atoms with Gasteiger partial charge in [-0.25, -0.2) is 0 Å². The van der Waals surface area contributed by atoms with Crippen LogP contribution < -0.4 is 16.4 Å². The predicted molar refractivity (Wildman–Crippen MR) is 185 cm³/mol. The summed E-state index contributed by atoms with van der Waals surface area (Å²) in [7, 11) is 3.13. The van der Waals surface area contributed by atoms with Crippen LogP contribution in [0.15, 0.2) is 48.5 Å². The van der Waals surface area contributed by atoms with E-state index < -0.39 is 0 Å². The van der Waals surface area contributed by atoms with E-state index in [0.29, 0.717) is 22.3 Å². The third kappa shape index (κ3) is 43.2. The van der Waals surface area contributed by atoms with E-state index in [-0.39, 0.29) is 17.7 Å². The molecule has 2 aromatic carbocycles. The largest absolute Gasteiger partial charge is 0.370 e. The standard InChI is InChI=1S/2C9H9NO2.C2H5NO.7C2H6/c2*1-10-9(12)8-4-2-7(6-11)3-5-8;1-2(3)4;7*1-2/h2*2-6H,1H3,(H,10,12);1H3,(H2,3,4);7*1-2H3. The highest BCUT2D eigenvalue weighted by Crippen LogP contribution is 2.02. The van der Waals surface area contributed by atoms with E-state index >= 15 is 0 Å². The molecule has 0 spiro atoms. The summed E-state index contributed by atoms with van der Waals surface area (Å²) < 4.78 is 0. The summed E-state index contributed by atoms with van der Waals surface area (Å²) in [5.74, 6) is -0.625. The minimum absolute atomic E-state index is 0.146. The third-order valence-corrected chi connectivity index (χ3v) is 3.07. The first kappa shape index (κ1) is 58.0. The second kappa shape index (κ2) is 57.2. The Morgan fingerprint density at radius 1 is 0.500 bits per heavy atom. The van der Waals surface area contributed by atoms with Crippen LogP contribution in [0.5, 0.6) is 0 Å². The second-order valence-corrected chi connectivity index (χ2v) is 5.25. The van der Waals surface area contributed by atoms with Crippen LogP contribution in [0, 0.1) is 0 Å². The van der Waals surface area contributed by atoms with Crippen LogP contribution in [0.3, 0.4) is 0 Å². The summed E-state index contributed by atoms with van der Waals surface area (Å²) in [6, 6.07) is 12.9. The molecule has 246 valence electrons. The first-order valence-electron chi connectivity index (χ1n) is 15.1. The third-order valence-electron chi connectivity index (χ3n) is 3.07. The molecule has 0 aliphatic carbocycles. The van der Waals surface area contributed by atoms with Crippen molar-refractivity contribution in [3.8, 4) is 0 Å². The molecule has 2 rings (SSSR count). The number of primary amides is 1. The number of hydrogen-bond acceptors (Lipinski definition) is 5. The Kier molecular flexibility index (Phi) is 78.9. The summed E-state index contributed by atoms with van der Waals surface area (Å²) in [5, 5.41) is 4.98. The van der Waals surface area contributed by atoms with Crippen molar-refractivity contribution in [2.45, 2.75) is 104 Å². The fourth-order valence-corrected chi connectivity index (χ4v) is 1.71. The van der Waals surface area contributed by atoms with Crippen molar-refractivity contribution < 1.29 is 24.0 Å². The molecule has 8 nitrogen and oxygen atoms in total. The zero-order chi connectivity index (χ0) is 35.5. The van der Waals surface area contributed by atoms with Crippen LogP contribution in [0.1, 0.15) is 145 Å². The van der Waals surface area contributed by atoms with E-state index in [9.17, 15) is 24.0 Å². The molecule has 0 radical (unpaired) electrons. The van der Waals surface area contributed by atoms with Crippen LogP contribution in [-0.4, -0.2) is 44.4 Å². The minimum atomic E-state index is -0.333. The Morgan fingerprint density at radius 3 is 0.786 bits per heavy atom. The molecule has 2 aromatic rings.